The lowest BCUT2D eigenvalue weighted by Crippen LogP contribution is -2.29. The van der Waals surface area contributed by atoms with Crippen LogP contribution in [0, 0.1) is 0 Å². The molecule has 9 heteroatoms. The lowest BCUT2D eigenvalue weighted by molar-refractivity contribution is -0.242. The number of carbonyl (C=O) groups excluding carboxylic acids is 2. The van der Waals surface area contributed by atoms with Gasteiger partial charge in [-0.2, -0.15) is 0 Å². The minimum Gasteiger partial charge on any atom is -0.530 e. The van der Waals surface area contributed by atoms with E-state index < -0.39 is 6.09 Å². The van der Waals surface area contributed by atoms with Crippen LogP contribution in [0.3, 0.4) is 0 Å². The molecular weight excluding hydrogens is 376 g/mol. The maximum absolute atomic E-state index is 12.4. The molecule has 2 heterocycles. The third-order valence-corrected chi connectivity index (χ3v) is 4.02. The van der Waals surface area contributed by atoms with Crippen LogP contribution in [0.2, 0.25) is 0 Å². The van der Waals surface area contributed by atoms with Gasteiger partial charge in [0.05, 0.1) is 5.52 Å². The number of pyridine rings is 1. The number of anilines is 1. The molecule has 3 rings (SSSR count). The van der Waals surface area contributed by atoms with Crippen molar-refractivity contribution in [1.29, 1.82) is 0 Å². The van der Waals surface area contributed by atoms with Crippen LogP contribution in [-0.4, -0.2) is 41.4 Å². The number of carbonyl (C=O) groups is 2. The van der Waals surface area contributed by atoms with E-state index in [1.165, 1.54) is 16.8 Å². The molecule has 0 aliphatic rings. The minimum atomic E-state index is -1.45. The van der Waals surface area contributed by atoms with Gasteiger partial charge in [-0.25, -0.2) is 9.78 Å². The lowest BCUT2D eigenvalue weighted by Gasteiger charge is -2.10. The number of benzene rings is 1. The molecule has 0 radical (unpaired) electrons. The molecule has 0 saturated carbocycles. The van der Waals surface area contributed by atoms with E-state index in [2.05, 4.69) is 15.6 Å². The predicted molar refractivity (Wildman–Crippen MR) is 105 cm³/mol. The summed E-state index contributed by atoms with van der Waals surface area (Å²) in [5.41, 5.74) is 0.744. The normalized spacial score (nSPS) is 10.7. The highest BCUT2D eigenvalue weighted by Gasteiger charge is 2.10. The molecule has 0 saturated heterocycles. The number of ether oxygens (including phenoxy) is 2. The molecule has 152 valence electrons. The predicted octanol–water partition coefficient (Wildman–Crippen LogP) is 2.57. The Morgan fingerprint density at radius 2 is 2.00 bits per heavy atom. The molecular formula is C20H21N4O5-. The number of nitrogens with one attached hydrogen (secondary N) is 2. The van der Waals surface area contributed by atoms with Crippen molar-refractivity contribution in [2.45, 2.75) is 13.3 Å². The van der Waals surface area contributed by atoms with Gasteiger partial charge in [0.15, 0.2) is 0 Å². The third-order valence-electron chi connectivity index (χ3n) is 4.02. The Labute approximate surface area is 167 Å². The summed E-state index contributed by atoms with van der Waals surface area (Å²) in [5.74, 6) is 1.06. The molecule has 29 heavy (non-hydrogen) atoms. The van der Waals surface area contributed by atoms with Crippen LogP contribution >= 0.6 is 0 Å². The Kier molecular flexibility index (Phi) is 6.64. The monoisotopic (exact) mass is 397 g/mol. The summed E-state index contributed by atoms with van der Waals surface area (Å²) < 4.78 is 12.6. The number of hydrogen-bond acceptors (Lipinski definition) is 6. The summed E-state index contributed by atoms with van der Waals surface area (Å²) in [6.07, 6.45) is 2.41. The van der Waals surface area contributed by atoms with Gasteiger partial charge in [-0.3, -0.25) is 4.57 Å². The third kappa shape index (κ3) is 5.45. The molecule has 2 N–H and O–H groups in total. The SMILES string of the molecule is CCOCCCNC(=O)n1ccc2cc(Oc3ccnc(NC(=O)[O-])c3)ccc21. The largest absolute Gasteiger partial charge is 0.530 e. The standard InChI is InChI=1S/C20H22N4O5/c1-2-28-11-3-8-22-19(25)24-10-7-14-12-15(4-5-17(14)24)29-16-6-9-21-18(13-16)23-20(26)27/h4-7,9-10,12-13H,2-3,8,11H2,1H3,(H,21,23)(H,22,25)(H,26,27)/p-1. The van der Waals surface area contributed by atoms with Gasteiger partial charge < -0.3 is 30.0 Å². The highest BCUT2D eigenvalue weighted by atomic mass is 16.5. The maximum Gasteiger partial charge on any atom is 0.326 e. The van der Waals surface area contributed by atoms with Gasteiger partial charge in [0.2, 0.25) is 0 Å². The minimum absolute atomic E-state index is 0.107. The first-order valence-corrected chi connectivity index (χ1v) is 9.16. The zero-order chi connectivity index (χ0) is 20.6. The van der Waals surface area contributed by atoms with E-state index in [1.807, 2.05) is 13.0 Å². The van der Waals surface area contributed by atoms with Gasteiger partial charge in [-0.05, 0) is 43.7 Å². The van der Waals surface area contributed by atoms with Crippen molar-refractivity contribution in [3.8, 4) is 11.5 Å². The van der Waals surface area contributed by atoms with Crippen LogP contribution in [0.1, 0.15) is 13.3 Å². The summed E-state index contributed by atoms with van der Waals surface area (Å²) in [7, 11) is 0. The topological polar surface area (TPSA) is 118 Å². The number of carboxylic acid groups (broad SMARTS) is 1. The summed E-state index contributed by atoms with van der Waals surface area (Å²) in [4.78, 5) is 26.8. The van der Waals surface area contributed by atoms with Crippen LogP contribution in [0.25, 0.3) is 10.9 Å². The number of aromatic nitrogens is 2. The van der Waals surface area contributed by atoms with Crippen molar-refractivity contribution < 1.29 is 24.2 Å². The van der Waals surface area contributed by atoms with Crippen LogP contribution in [0.4, 0.5) is 15.4 Å². The number of fused-ring (bicyclic) bond motifs is 1. The van der Waals surface area contributed by atoms with Crippen LogP contribution in [0.5, 0.6) is 11.5 Å². The van der Waals surface area contributed by atoms with E-state index >= 15 is 0 Å². The molecule has 2 amide bonds. The van der Waals surface area contributed by atoms with Crippen LogP contribution < -0.4 is 20.5 Å². The molecule has 2 aromatic heterocycles. The molecule has 0 unspecified atom stereocenters. The summed E-state index contributed by atoms with van der Waals surface area (Å²) in [5, 5.41) is 16.4. The second kappa shape index (κ2) is 9.56. The van der Waals surface area contributed by atoms with Crippen LogP contribution in [-0.2, 0) is 4.74 Å². The second-order valence-electron chi connectivity index (χ2n) is 6.08. The van der Waals surface area contributed by atoms with Gasteiger partial charge in [-0.1, -0.05) is 0 Å². The van der Waals surface area contributed by atoms with Crippen molar-refractivity contribution in [2.75, 3.05) is 25.1 Å². The van der Waals surface area contributed by atoms with E-state index in [0.717, 1.165) is 17.3 Å². The van der Waals surface area contributed by atoms with Crippen molar-refractivity contribution >= 4 is 28.8 Å². The van der Waals surface area contributed by atoms with E-state index in [9.17, 15) is 14.7 Å². The van der Waals surface area contributed by atoms with Gasteiger partial charge in [0.25, 0.3) is 0 Å². The molecule has 9 nitrogen and oxygen atoms in total. The Morgan fingerprint density at radius 1 is 1.17 bits per heavy atom. The number of amides is 2. The zero-order valence-corrected chi connectivity index (χ0v) is 15.9. The van der Waals surface area contributed by atoms with Crippen LogP contribution in [0.15, 0.2) is 48.8 Å². The lowest BCUT2D eigenvalue weighted by atomic mass is 10.2. The van der Waals surface area contributed by atoms with Gasteiger partial charge >= 0.3 is 6.03 Å². The molecule has 0 fully saturated rings. The molecule has 0 atom stereocenters. The quantitative estimate of drug-likeness (QED) is 0.564. The van der Waals surface area contributed by atoms with Crippen molar-refractivity contribution in [3.63, 3.8) is 0 Å². The molecule has 0 aliphatic heterocycles. The molecule has 3 aromatic rings. The van der Waals surface area contributed by atoms with E-state index in [0.29, 0.717) is 31.3 Å². The summed E-state index contributed by atoms with van der Waals surface area (Å²) >= 11 is 0. The first-order valence-electron chi connectivity index (χ1n) is 9.16. The first kappa shape index (κ1) is 20.2. The number of hydrogen-bond donors (Lipinski definition) is 2. The average molecular weight is 397 g/mol. The number of rotatable bonds is 8. The van der Waals surface area contributed by atoms with Crippen molar-refractivity contribution in [1.82, 2.24) is 14.9 Å². The van der Waals surface area contributed by atoms with Gasteiger partial charge in [-0.15, -0.1) is 0 Å². The smallest absolute Gasteiger partial charge is 0.326 e. The molecule has 0 bridgehead atoms. The Bertz CT molecular complexity index is 1000. The van der Waals surface area contributed by atoms with E-state index in [-0.39, 0.29) is 11.8 Å². The van der Waals surface area contributed by atoms with Gasteiger partial charge in [0, 0.05) is 43.6 Å². The fraction of sp³-hybridized carbons (Fsp3) is 0.250. The Morgan fingerprint density at radius 3 is 2.79 bits per heavy atom. The number of nitrogens with zero attached hydrogens (tertiary/aromatic N) is 2. The highest BCUT2D eigenvalue weighted by Crippen LogP contribution is 2.27. The summed E-state index contributed by atoms with van der Waals surface area (Å²) in [6.45, 7) is 3.73. The Balaban J connectivity index is 1.67. The van der Waals surface area contributed by atoms with E-state index in [1.54, 1.807) is 30.5 Å². The summed E-state index contributed by atoms with van der Waals surface area (Å²) in [6, 6.07) is 9.96. The molecule has 0 spiro atoms. The average Bonchev–Trinajstić information content (AvgIpc) is 3.11. The van der Waals surface area contributed by atoms with Crippen molar-refractivity contribution in [2.24, 2.45) is 0 Å². The maximum atomic E-state index is 12.4. The van der Waals surface area contributed by atoms with E-state index in [4.69, 9.17) is 9.47 Å². The fourth-order valence-corrected chi connectivity index (χ4v) is 2.74. The molecule has 1 aromatic carbocycles. The first-order chi connectivity index (χ1) is 14.1. The van der Waals surface area contributed by atoms with Gasteiger partial charge in [0.1, 0.15) is 23.4 Å². The Hall–Kier alpha value is -3.59. The second-order valence-corrected chi connectivity index (χ2v) is 6.08. The molecule has 0 aliphatic carbocycles. The van der Waals surface area contributed by atoms with Crippen molar-refractivity contribution in [3.05, 3.63) is 48.8 Å². The zero-order valence-electron chi connectivity index (χ0n) is 15.9. The fourth-order valence-electron chi connectivity index (χ4n) is 2.74. The highest BCUT2D eigenvalue weighted by molar-refractivity contribution is 5.92.